The lowest BCUT2D eigenvalue weighted by molar-refractivity contribution is -0.141. The molecule has 15 heteroatoms. The molecule has 0 unspecified atom stereocenters. The van der Waals surface area contributed by atoms with Gasteiger partial charge in [-0.25, -0.2) is 17.4 Å². The van der Waals surface area contributed by atoms with Gasteiger partial charge in [0.2, 0.25) is 0 Å². The third kappa shape index (κ3) is 5.85. The quantitative estimate of drug-likeness (QED) is 0.187. The molecule has 0 amide bonds. The van der Waals surface area contributed by atoms with Crippen molar-refractivity contribution >= 4 is 56.3 Å². The van der Waals surface area contributed by atoms with E-state index in [1.165, 1.54) is 12.3 Å². The van der Waals surface area contributed by atoms with Crippen LogP contribution < -0.4 is 10.6 Å². The summed E-state index contributed by atoms with van der Waals surface area (Å²) in [5.74, 6) is 0. The van der Waals surface area contributed by atoms with Crippen LogP contribution in [0.25, 0.3) is 10.9 Å². The van der Waals surface area contributed by atoms with Crippen molar-refractivity contribution in [2.45, 2.75) is 23.8 Å². The molecule has 6 nitrogen and oxygen atoms in total. The van der Waals surface area contributed by atoms with E-state index < -0.39 is 43.7 Å². The zero-order valence-electron chi connectivity index (χ0n) is 19.2. The number of aromatic nitrogens is 2. The molecule has 0 aliphatic carbocycles. The molecule has 0 aliphatic rings. The normalized spacial score (nSPS) is 12.4. The Morgan fingerprint density at radius 2 is 1.68 bits per heavy atom. The predicted octanol–water partition coefficient (Wildman–Crippen LogP) is 6.85. The molecule has 4 rings (SSSR count). The number of hydrogen-bond donors (Lipinski definition) is 2. The second-order valence-corrected chi connectivity index (χ2v) is 10.1. The number of nitrogens with zero attached hydrogens (tertiary/aromatic N) is 2. The maximum absolute atomic E-state index is 13.4. The van der Waals surface area contributed by atoms with Crippen molar-refractivity contribution in [1.82, 2.24) is 14.3 Å². The van der Waals surface area contributed by atoms with Gasteiger partial charge in [-0.2, -0.15) is 26.3 Å². The van der Waals surface area contributed by atoms with Crippen LogP contribution in [0.3, 0.4) is 0 Å². The van der Waals surface area contributed by atoms with Gasteiger partial charge in [0, 0.05) is 23.8 Å². The van der Waals surface area contributed by atoms with Gasteiger partial charge in [-0.1, -0.05) is 23.7 Å². The number of anilines is 2. The van der Waals surface area contributed by atoms with E-state index in [2.05, 4.69) is 15.6 Å². The SMILES string of the molecule is CNCc1cn(S(=O)(=O)c2cccc(C(F)(F)F)c2)c2cc(Nc3ccc(C(F)(F)F)nc3Cl)ccc12.Cl. The van der Waals surface area contributed by atoms with E-state index >= 15 is 0 Å². The van der Waals surface area contributed by atoms with Gasteiger partial charge in [0.1, 0.15) is 5.69 Å². The summed E-state index contributed by atoms with van der Waals surface area (Å²) in [6.45, 7) is 0.253. The molecule has 2 aromatic carbocycles. The molecule has 0 spiro atoms. The smallest absolute Gasteiger partial charge is 0.353 e. The van der Waals surface area contributed by atoms with Gasteiger partial charge >= 0.3 is 12.4 Å². The molecule has 204 valence electrons. The summed E-state index contributed by atoms with van der Waals surface area (Å²) in [7, 11) is -2.83. The average Bonchev–Trinajstić information content (AvgIpc) is 3.18. The van der Waals surface area contributed by atoms with Gasteiger partial charge in [-0.3, -0.25) is 0 Å². The standard InChI is InChI=1S/C23H17ClF6N4O2S.ClH/c1-31-11-13-12-34(37(35,36)16-4-2-3-14(9-16)22(25,26)27)19-10-15(5-6-17(13)19)32-18-7-8-20(23(28,29)30)33-21(18)24;/h2-10,12,31-32H,11H2,1H3;1H. The van der Waals surface area contributed by atoms with Gasteiger partial charge in [0.25, 0.3) is 10.0 Å². The van der Waals surface area contributed by atoms with Gasteiger partial charge in [0.05, 0.1) is 21.7 Å². The number of pyridine rings is 1. The molecule has 2 heterocycles. The summed E-state index contributed by atoms with van der Waals surface area (Å²) in [5, 5.41) is 5.73. The first-order valence-corrected chi connectivity index (χ1v) is 12.3. The minimum absolute atomic E-state index is 0. The van der Waals surface area contributed by atoms with Gasteiger partial charge < -0.3 is 10.6 Å². The topological polar surface area (TPSA) is 76.0 Å². The van der Waals surface area contributed by atoms with Gasteiger partial charge in [-0.05, 0) is 55.1 Å². The highest BCUT2D eigenvalue weighted by Gasteiger charge is 2.33. The number of nitrogens with one attached hydrogen (secondary N) is 2. The molecule has 0 saturated heterocycles. The number of hydrogen-bond acceptors (Lipinski definition) is 5. The Labute approximate surface area is 224 Å². The van der Waals surface area contributed by atoms with E-state index in [9.17, 15) is 34.8 Å². The number of benzene rings is 2. The van der Waals surface area contributed by atoms with Crippen LogP contribution >= 0.6 is 24.0 Å². The third-order valence-corrected chi connectivity index (χ3v) is 7.32. The largest absolute Gasteiger partial charge is 0.433 e. The maximum Gasteiger partial charge on any atom is 0.433 e. The summed E-state index contributed by atoms with van der Waals surface area (Å²) in [4.78, 5) is 2.77. The number of rotatable bonds is 6. The Kier molecular flexibility index (Phi) is 8.27. The Hall–Kier alpha value is -3.00. The molecule has 0 bridgehead atoms. The van der Waals surface area contributed by atoms with Crippen molar-refractivity contribution in [3.05, 3.63) is 82.8 Å². The van der Waals surface area contributed by atoms with E-state index in [4.69, 9.17) is 11.6 Å². The third-order valence-electron chi connectivity index (χ3n) is 5.36. The van der Waals surface area contributed by atoms with Crippen molar-refractivity contribution in [1.29, 1.82) is 0 Å². The Balaban J connectivity index is 0.00000400. The van der Waals surface area contributed by atoms with Crippen LogP contribution in [0, 0.1) is 0 Å². The molecule has 0 aliphatic heterocycles. The van der Waals surface area contributed by atoms with E-state index in [1.54, 1.807) is 19.2 Å². The summed E-state index contributed by atoms with van der Waals surface area (Å²) < 4.78 is 106. The molecular formula is C23H18Cl2F6N4O2S. The fraction of sp³-hybridized carbons (Fsp3) is 0.174. The fourth-order valence-electron chi connectivity index (χ4n) is 3.66. The van der Waals surface area contributed by atoms with Crippen LogP contribution in [-0.4, -0.2) is 24.4 Å². The summed E-state index contributed by atoms with van der Waals surface area (Å²) in [6, 6.07) is 9.72. The lowest BCUT2D eigenvalue weighted by atomic mass is 10.1. The van der Waals surface area contributed by atoms with Crippen molar-refractivity contribution in [3.63, 3.8) is 0 Å². The molecule has 4 aromatic rings. The first-order chi connectivity index (χ1) is 17.2. The lowest BCUT2D eigenvalue weighted by Gasteiger charge is -2.13. The molecule has 0 radical (unpaired) electrons. The molecule has 2 aromatic heterocycles. The maximum atomic E-state index is 13.4. The van der Waals surface area contributed by atoms with E-state index in [1.807, 2.05) is 0 Å². The van der Waals surface area contributed by atoms with Crippen LogP contribution in [0.2, 0.25) is 5.15 Å². The zero-order valence-corrected chi connectivity index (χ0v) is 21.5. The highest BCUT2D eigenvalue weighted by molar-refractivity contribution is 7.90. The fourth-order valence-corrected chi connectivity index (χ4v) is 5.29. The van der Waals surface area contributed by atoms with E-state index in [0.717, 1.165) is 34.3 Å². The summed E-state index contributed by atoms with van der Waals surface area (Å²) in [5.41, 5.74) is -1.34. The number of halogens is 8. The monoisotopic (exact) mass is 598 g/mol. The molecule has 2 N–H and O–H groups in total. The Morgan fingerprint density at radius 1 is 0.974 bits per heavy atom. The van der Waals surface area contributed by atoms with E-state index in [-0.39, 0.29) is 35.8 Å². The number of fused-ring (bicyclic) bond motifs is 1. The van der Waals surface area contributed by atoms with Crippen molar-refractivity contribution in [2.24, 2.45) is 0 Å². The highest BCUT2D eigenvalue weighted by atomic mass is 35.5. The zero-order chi connectivity index (χ0) is 27.2. The van der Waals surface area contributed by atoms with E-state index in [0.29, 0.717) is 17.0 Å². The minimum atomic E-state index is -4.74. The first-order valence-electron chi connectivity index (χ1n) is 10.4. The van der Waals surface area contributed by atoms with Crippen LogP contribution in [0.4, 0.5) is 37.7 Å². The molecule has 38 heavy (non-hydrogen) atoms. The number of alkyl halides is 6. The molecule has 0 fully saturated rings. The van der Waals surface area contributed by atoms with Crippen molar-refractivity contribution in [3.8, 4) is 0 Å². The highest BCUT2D eigenvalue weighted by Crippen LogP contribution is 2.35. The first kappa shape index (κ1) is 29.6. The minimum Gasteiger partial charge on any atom is -0.353 e. The van der Waals surface area contributed by atoms with Gasteiger partial charge in [0.15, 0.2) is 5.15 Å². The van der Waals surface area contributed by atoms with Crippen molar-refractivity contribution in [2.75, 3.05) is 12.4 Å². The molecule has 0 atom stereocenters. The Bertz CT molecular complexity index is 1590. The van der Waals surface area contributed by atoms with Crippen LogP contribution in [0.5, 0.6) is 0 Å². The van der Waals surface area contributed by atoms with Crippen LogP contribution in [0.15, 0.2) is 65.7 Å². The molecule has 0 saturated carbocycles. The molecular weight excluding hydrogens is 581 g/mol. The second kappa shape index (κ2) is 10.6. The summed E-state index contributed by atoms with van der Waals surface area (Å²) in [6.07, 6.45) is -8.13. The van der Waals surface area contributed by atoms with Gasteiger partial charge in [-0.15, -0.1) is 12.4 Å². The summed E-state index contributed by atoms with van der Waals surface area (Å²) >= 11 is 5.91. The Morgan fingerprint density at radius 3 is 2.29 bits per heavy atom. The lowest BCUT2D eigenvalue weighted by Crippen LogP contribution is -2.14. The second-order valence-electron chi connectivity index (χ2n) is 7.90. The average molecular weight is 599 g/mol. The van der Waals surface area contributed by atoms with Crippen LogP contribution in [0.1, 0.15) is 16.8 Å². The van der Waals surface area contributed by atoms with Crippen molar-refractivity contribution < 1.29 is 34.8 Å². The predicted molar refractivity (Wildman–Crippen MR) is 134 cm³/mol. The van der Waals surface area contributed by atoms with Crippen LogP contribution in [-0.2, 0) is 28.9 Å².